The van der Waals surface area contributed by atoms with Crippen LogP contribution in [-0.4, -0.2) is 36.4 Å². The normalized spacial score (nSPS) is 16.7. The molecule has 1 unspecified atom stereocenters. The van der Waals surface area contributed by atoms with Gasteiger partial charge in [0.25, 0.3) is 5.91 Å². The molecule has 1 aliphatic heterocycles. The summed E-state index contributed by atoms with van der Waals surface area (Å²) in [5, 5.41) is 0.649. The molecule has 0 bridgehead atoms. The predicted octanol–water partition coefficient (Wildman–Crippen LogP) is 4.98. The number of aromatic nitrogens is 1. The van der Waals surface area contributed by atoms with Crippen LogP contribution in [0.5, 0.6) is 0 Å². The van der Waals surface area contributed by atoms with Crippen LogP contribution in [0.25, 0.3) is 10.2 Å². The summed E-state index contributed by atoms with van der Waals surface area (Å²) < 4.78 is 20.1. The molecule has 4 rings (SSSR count). The highest BCUT2D eigenvalue weighted by molar-refractivity contribution is 7.98. The molecule has 3 aromatic rings. The Hall–Kier alpha value is -1.96. The van der Waals surface area contributed by atoms with E-state index in [9.17, 15) is 9.18 Å². The second-order valence-corrected chi connectivity index (χ2v) is 8.22. The standard InChI is InChI=1S/C20H19FN2O2S2/c1-26-16-5-2-6-17-18(16)22-20(27-17)23(12-15-4-3-11-25-15)19(24)13-7-9-14(21)10-8-13/h2,5-10,15H,3-4,11-12H2,1H3. The average molecular weight is 403 g/mol. The van der Waals surface area contributed by atoms with E-state index in [1.165, 1.54) is 35.6 Å². The van der Waals surface area contributed by atoms with Crippen LogP contribution in [0.4, 0.5) is 9.52 Å². The van der Waals surface area contributed by atoms with Gasteiger partial charge in [0, 0.05) is 17.1 Å². The van der Waals surface area contributed by atoms with Gasteiger partial charge in [-0.2, -0.15) is 0 Å². The predicted molar refractivity (Wildman–Crippen MR) is 108 cm³/mol. The van der Waals surface area contributed by atoms with Crippen molar-refractivity contribution in [1.82, 2.24) is 4.98 Å². The number of nitrogens with zero attached hydrogens (tertiary/aromatic N) is 2. The van der Waals surface area contributed by atoms with Crippen molar-refractivity contribution in [3.63, 3.8) is 0 Å². The SMILES string of the molecule is CSc1cccc2sc(N(CC3CCCO3)C(=O)c3ccc(F)cc3)nc12. The maximum atomic E-state index is 13.3. The fraction of sp³-hybridized carbons (Fsp3) is 0.300. The summed E-state index contributed by atoms with van der Waals surface area (Å²) >= 11 is 3.13. The number of anilines is 1. The first-order chi connectivity index (χ1) is 13.2. The molecular weight excluding hydrogens is 383 g/mol. The molecule has 0 radical (unpaired) electrons. The van der Waals surface area contributed by atoms with Crippen molar-refractivity contribution < 1.29 is 13.9 Å². The van der Waals surface area contributed by atoms with Crippen LogP contribution in [-0.2, 0) is 4.74 Å². The van der Waals surface area contributed by atoms with Gasteiger partial charge in [-0.05, 0) is 55.5 Å². The van der Waals surface area contributed by atoms with E-state index in [0.29, 0.717) is 17.2 Å². The molecule has 2 heterocycles. The van der Waals surface area contributed by atoms with Crippen LogP contribution >= 0.6 is 23.1 Å². The van der Waals surface area contributed by atoms with Crippen LogP contribution in [0.15, 0.2) is 47.4 Å². The van der Waals surface area contributed by atoms with Crippen LogP contribution in [0.3, 0.4) is 0 Å². The minimum absolute atomic E-state index is 0.00133. The number of fused-ring (bicyclic) bond motifs is 1. The Balaban J connectivity index is 1.73. The maximum Gasteiger partial charge on any atom is 0.260 e. The van der Waals surface area contributed by atoms with E-state index < -0.39 is 0 Å². The topological polar surface area (TPSA) is 42.4 Å². The van der Waals surface area contributed by atoms with Crippen molar-refractivity contribution in [3.05, 3.63) is 53.8 Å². The third-order valence-corrected chi connectivity index (χ3v) is 6.38. The Labute approximate surface area is 165 Å². The lowest BCUT2D eigenvalue weighted by molar-refractivity contribution is 0.0917. The molecule has 140 valence electrons. The molecule has 1 aliphatic rings. The summed E-state index contributed by atoms with van der Waals surface area (Å²) in [7, 11) is 0. The van der Waals surface area contributed by atoms with E-state index >= 15 is 0 Å². The molecule has 4 nitrogen and oxygen atoms in total. The van der Waals surface area contributed by atoms with Gasteiger partial charge in [0.05, 0.1) is 22.9 Å². The van der Waals surface area contributed by atoms with Gasteiger partial charge in [-0.1, -0.05) is 17.4 Å². The molecule has 1 aromatic heterocycles. The van der Waals surface area contributed by atoms with Crippen LogP contribution in [0, 0.1) is 5.82 Å². The van der Waals surface area contributed by atoms with E-state index in [1.807, 2.05) is 24.5 Å². The molecule has 0 spiro atoms. The number of ether oxygens (including phenoxy) is 1. The van der Waals surface area contributed by atoms with E-state index in [2.05, 4.69) is 0 Å². The number of carbonyl (C=O) groups excluding carboxylic acids is 1. The lowest BCUT2D eigenvalue weighted by Crippen LogP contribution is -2.37. The van der Waals surface area contributed by atoms with Gasteiger partial charge in [0.15, 0.2) is 5.13 Å². The lowest BCUT2D eigenvalue weighted by atomic mass is 10.1. The summed E-state index contributed by atoms with van der Waals surface area (Å²) in [6.45, 7) is 1.17. The quantitative estimate of drug-likeness (QED) is 0.564. The van der Waals surface area contributed by atoms with Crippen molar-refractivity contribution in [3.8, 4) is 0 Å². The van der Waals surface area contributed by atoms with Crippen LogP contribution in [0.2, 0.25) is 0 Å². The largest absolute Gasteiger partial charge is 0.376 e. The van der Waals surface area contributed by atoms with Gasteiger partial charge < -0.3 is 4.74 Å². The van der Waals surface area contributed by atoms with Gasteiger partial charge in [-0.3, -0.25) is 9.69 Å². The number of para-hydroxylation sites is 1. The van der Waals surface area contributed by atoms with Gasteiger partial charge in [-0.25, -0.2) is 9.37 Å². The molecule has 1 atom stereocenters. The van der Waals surface area contributed by atoms with Crippen molar-refractivity contribution in [1.29, 1.82) is 0 Å². The molecule has 0 saturated carbocycles. The highest BCUT2D eigenvalue weighted by Gasteiger charge is 2.27. The van der Waals surface area contributed by atoms with E-state index in [-0.39, 0.29) is 17.8 Å². The summed E-state index contributed by atoms with van der Waals surface area (Å²) in [4.78, 5) is 20.7. The molecular formula is C20H19FN2O2S2. The molecule has 7 heteroatoms. The Kier molecular flexibility index (Phi) is 5.43. The third kappa shape index (κ3) is 3.85. The Morgan fingerprint density at radius 3 is 2.85 bits per heavy atom. The minimum Gasteiger partial charge on any atom is -0.376 e. The summed E-state index contributed by atoms with van der Waals surface area (Å²) in [5.74, 6) is -0.544. The number of rotatable bonds is 5. The molecule has 1 amide bonds. The summed E-state index contributed by atoms with van der Waals surface area (Å²) in [6.07, 6.45) is 3.94. The second-order valence-electron chi connectivity index (χ2n) is 6.36. The fourth-order valence-electron chi connectivity index (χ4n) is 3.18. The molecule has 27 heavy (non-hydrogen) atoms. The lowest BCUT2D eigenvalue weighted by Gasteiger charge is -2.23. The van der Waals surface area contributed by atoms with Crippen molar-refractivity contribution in [2.24, 2.45) is 0 Å². The molecule has 0 N–H and O–H groups in total. The number of benzene rings is 2. The number of halogens is 1. The molecule has 0 aliphatic carbocycles. The number of carbonyl (C=O) groups is 1. The highest BCUT2D eigenvalue weighted by Crippen LogP contribution is 2.35. The number of hydrogen-bond donors (Lipinski definition) is 0. The number of thiazole rings is 1. The average Bonchev–Trinajstić information content (AvgIpc) is 3.35. The summed E-state index contributed by atoms with van der Waals surface area (Å²) in [5.41, 5.74) is 1.35. The zero-order valence-corrected chi connectivity index (χ0v) is 16.5. The first kappa shape index (κ1) is 18.4. The summed E-state index contributed by atoms with van der Waals surface area (Å²) in [6, 6.07) is 11.7. The Morgan fingerprint density at radius 2 is 2.15 bits per heavy atom. The number of hydrogen-bond acceptors (Lipinski definition) is 5. The highest BCUT2D eigenvalue weighted by atomic mass is 32.2. The zero-order chi connectivity index (χ0) is 18.8. The van der Waals surface area contributed by atoms with E-state index in [1.54, 1.807) is 16.7 Å². The molecule has 1 saturated heterocycles. The van der Waals surface area contributed by atoms with Gasteiger partial charge in [0.2, 0.25) is 0 Å². The van der Waals surface area contributed by atoms with Crippen molar-refractivity contribution >= 4 is 44.4 Å². The Morgan fingerprint density at radius 1 is 1.33 bits per heavy atom. The monoisotopic (exact) mass is 402 g/mol. The smallest absolute Gasteiger partial charge is 0.260 e. The van der Waals surface area contributed by atoms with Crippen molar-refractivity contribution in [2.45, 2.75) is 23.8 Å². The van der Waals surface area contributed by atoms with Crippen molar-refractivity contribution in [2.75, 3.05) is 24.3 Å². The molecule has 2 aromatic carbocycles. The first-order valence-corrected chi connectivity index (χ1v) is 10.8. The van der Waals surface area contributed by atoms with Gasteiger partial charge in [0.1, 0.15) is 5.82 Å². The number of amides is 1. The zero-order valence-electron chi connectivity index (χ0n) is 14.9. The van der Waals surface area contributed by atoms with Crippen LogP contribution < -0.4 is 4.90 Å². The van der Waals surface area contributed by atoms with Crippen LogP contribution in [0.1, 0.15) is 23.2 Å². The maximum absolute atomic E-state index is 13.3. The van der Waals surface area contributed by atoms with E-state index in [4.69, 9.17) is 9.72 Å². The second kappa shape index (κ2) is 7.96. The van der Waals surface area contributed by atoms with E-state index in [0.717, 1.165) is 34.6 Å². The van der Waals surface area contributed by atoms with Gasteiger partial charge >= 0.3 is 0 Å². The van der Waals surface area contributed by atoms with Gasteiger partial charge in [-0.15, -0.1) is 11.8 Å². The minimum atomic E-state index is -0.359. The Bertz CT molecular complexity index is 952. The first-order valence-electron chi connectivity index (χ1n) is 8.78. The number of thioether (sulfide) groups is 1. The molecule has 1 fully saturated rings. The third-order valence-electron chi connectivity index (χ3n) is 4.57. The fourth-order valence-corrected chi connectivity index (χ4v) is 4.81.